The lowest BCUT2D eigenvalue weighted by Gasteiger charge is -2.39. The number of carboxylic acid groups (broad SMARTS) is 1. The molecular weight excluding hydrogens is 383 g/mol. The van der Waals surface area contributed by atoms with Crippen molar-refractivity contribution in [3.63, 3.8) is 0 Å². The summed E-state index contributed by atoms with van der Waals surface area (Å²) in [5.74, 6) is -2.61. The number of nitro groups is 1. The zero-order valence-electron chi connectivity index (χ0n) is 16.2. The third kappa shape index (κ3) is 3.99. The Kier molecular flexibility index (Phi) is 5.66. The van der Waals surface area contributed by atoms with E-state index in [4.69, 9.17) is 9.05 Å². The van der Waals surface area contributed by atoms with Crippen LogP contribution in [0.5, 0.6) is 0 Å². The van der Waals surface area contributed by atoms with E-state index in [1.165, 1.54) is 12.1 Å². The molecule has 9 heteroatoms. The van der Waals surface area contributed by atoms with E-state index in [0.717, 1.165) is 0 Å². The van der Waals surface area contributed by atoms with Gasteiger partial charge >= 0.3 is 5.97 Å². The van der Waals surface area contributed by atoms with Gasteiger partial charge in [-0.3, -0.25) is 19.9 Å². The molecule has 2 heterocycles. The predicted molar refractivity (Wildman–Crippen MR) is 105 cm³/mol. The van der Waals surface area contributed by atoms with E-state index in [1.807, 2.05) is 13.8 Å². The van der Waals surface area contributed by atoms with Crippen molar-refractivity contribution < 1.29 is 23.9 Å². The highest BCUT2D eigenvalue weighted by Gasteiger charge is 2.44. The van der Waals surface area contributed by atoms with E-state index in [-0.39, 0.29) is 11.1 Å². The molecule has 3 rings (SSSR count). The van der Waals surface area contributed by atoms with Crippen molar-refractivity contribution in [3.8, 4) is 0 Å². The molecule has 0 amide bonds. The summed E-state index contributed by atoms with van der Waals surface area (Å²) >= 11 is 0. The highest BCUT2D eigenvalue weighted by atomic mass is 31.2. The van der Waals surface area contributed by atoms with Crippen molar-refractivity contribution in [2.45, 2.75) is 33.6 Å². The van der Waals surface area contributed by atoms with E-state index < -0.39 is 31.1 Å². The van der Waals surface area contributed by atoms with Crippen molar-refractivity contribution in [1.82, 2.24) is 0 Å². The molecule has 2 aliphatic rings. The monoisotopic (exact) mass is 406 g/mol. The number of aliphatic imine (C=N–C) groups is 1. The molecule has 28 heavy (non-hydrogen) atoms. The summed E-state index contributed by atoms with van der Waals surface area (Å²) in [6, 6.07) is 6.10. The van der Waals surface area contributed by atoms with Gasteiger partial charge in [-0.1, -0.05) is 26.0 Å². The summed E-state index contributed by atoms with van der Waals surface area (Å²) in [7, 11) is -1.51. The Hall–Kier alpha value is -2.15. The molecule has 0 aromatic heterocycles. The molecule has 1 aromatic rings. The SMILES string of the molecule is CC1=NC(C)=C(P2OCC(C)(C)CO2)C(c2cccc([N+](=O)[O-])c2)C1C(=O)O. The Labute approximate surface area is 164 Å². The lowest BCUT2D eigenvalue weighted by Crippen LogP contribution is -2.34. The van der Waals surface area contributed by atoms with Gasteiger partial charge in [-0.15, -0.1) is 0 Å². The average Bonchev–Trinajstić information content (AvgIpc) is 2.61. The fourth-order valence-corrected chi connectivity index (χ4v) is 5.57. The van der Waals surface area contributed by atoms with Gasteiger partial charge in [-0.05, 0) is 19.4 Å². The molecule has 1 saturated heterocycles. The standard InChI is InChI=1S/C19H23N2O6P/c1-11-15(18(22)23)16(13-6-5-7-14(8-13)21(24)25)17(12(2)20-11)28-26-9-19(3,4)10-27-28/h5-8,15-16H,9-10H2,1-4H3,(H,22,23). The second kappa shape index (κ2) is 7.70. The number of carboxylic acids is 1. The number of nitrogens with zero attached hydrogens (tertiary/aromatic N) is 2. The van der Waals surface area contributed by atoms with Gasteiger partial charge in [-0.2, -0.15) is 0 Å². The van der Waals surface area contributed by atoms with Gasteiger partial charge in [0.1, 0.15) is 5.92 Å². The van der Waals surface area contributed by atoms with Crippen LogP contribution in [0.3, 0.4) is 0 Å². The van der Waals surface area contributed by atoms with Gasteiger partial charge in [0.05, 0.1) is 18.1 Å². The minimum absolute atomic E-state index is 0.0850. The molecule has 2 atom stereocenters. The number of nitro benzene ring substituents is 1. The van der Waals surface area contributed by atoms with Crippen molar-refractivity contribution in [1.29, 1.82) is 0 Å². The summed E-state index contributed by atoms with van der Waals surface area (Å²) in [4.78, 5) is 27.3. The summed E-state index contributed by atoms with van der Waals surface area (Å²) in [5, 5.41) is 21.8. The maximum absolute atomic E-state index is 12.1. The highest BCUT2D eigenvalue weighted by Crippen LogP contribution is 2.60. The van der Waals surface area contributed by atoms with E-state index in [1.54, 1.807) is 26.0 Å². The Balaban J connectivity index is 2.10. The zero-order chi connectivity index (χ0) is 20.6. The van der Waals surface area contributed by atoms with E-state index >= 15 is 0 Å². The summed E-state index contributed by atoms with van der Waals surface area (Å²) in [6.45, 7) is 8.50. The molecule has 1 fully saturated rings. The maximum Gasteiger partial charge on any atom is 0.313 e. The molecule has 1 aromatic carbocycles. The van der Waals surface area contributed by atoms with E-state index in [2.05, 4.69) is 4.99 Å². The van der Waals surface area contributed by atoms with Crippen molar-refractivity contribution >= 4 is 25.7 Å². The normalized spacial score (nSPS) is 25.4. The van der Waals surface area contributed by atoms with Crippen LogP contribution in [0.1, 0.15) is 39.2 Å². The number of benzene rings is 1. The average molecular weight is 406 g/mol. The van der Waals surface area contributed by atoms with Crippen LogP contribution < -0.4 is 0 Å². The van der Waals surface area contributed by atoms with Gasteiger partial charge in [0, 0.05) is 40.2 Å². The van der Waals surface area contributed by atoms with Crippen LogP contribution in [0.2, 0.25) is 0 Å². The maximum atomic E-state index is 12.1. The topological polar surface area (TPSA) is 111 Å². The first kappa shape index (κ1) is 20.6. The van der Waals surface area contributed by atoms with Gasteiger partial charge in [0.2, 0.25) is 8.38 Å². The molecule has 0 aliphatic carbocycles. The molecular formula is C19H23N2O6P. The molecule has 2 aliphatic heterocycles. The van der Waals surface area contributed by atoms with Gasteiger partial charge in [-0.25, -0.2) is 0 Å². The van der Waals surface area contributed by atoms with Crippen LogP contribution in [-0.4, -0.2) is 34.9 Å². The fraction of sp³-hybridized carbons (Fsp3) is 0.474. The van der Waals surface area contributed by atoms with E-state index in [9.17, 15) is 20.0 Å². The van der Waals surface area contributed by atoms with Gasteiger partial charge in [0.15, 0.2) is 0 Å². The molecule has 8 nitrogen and oxygen atoms in total. The number of non-ortho nitro benzene ring substituents is 1. The van der Waals surface area contributed by atoms with Crippen molar-refractivity contribution in [2.24, 2.45) is 16.3 Å². The number of carbonyl (C=O) groups is 1. The molecule has 0 radical (unpaired) electrons. The van der Waals surface area contributed by atoms with E-state index in [0.29, 0.717) is 35.5 Å². The van der Waals surface area contributed by atoms with Crippen LogP contribution in [-0.2, 0) is 13.8 Å². The van der Waals surface area contributed by atoms with Crippen LogP contribution in [0.4, 0.5) is 5.69 Å². The molecule has 0 bridgehead atoms. The number of hydrogen-bond donors (Lipinski definition) is 1. The molecule has 2 unspecified atom stereocenters. The lowest BCUT2D eigenvalue weighted by atomic mass is 9.80. The first-order valence-electron chi connectivity index (χ1n) is 8.90. The fourth-order valence-electron chi connectivity index (χ4n) is 3.45. The predicted octanol–water partition coefficient (Wildman–Crippen LogP) is 4.47. The molecule has 0 saturated carbocycles. The first-order valence-corrected chi connectivity index (χ1v) is 10.1. The zero-order valence-corrected chi connectivity index (χ0v) is 17.1. The number of aliphatic carboxylic acids is 1. The summed E-state index contributed by atoms with van der Waals surface area (Å²) in [5.41, 5.74) is 1.44. The number of rotatable bonds is 4. The minimum atomic E-state index is -1.51. The Morgan fingerprint density at radius 3 is 2.54 bits per heavy atom. The van der Waals surface area contributed by atoms with Gasteiger partial charge < -0.3 is 14.2 Å². The highest BCUT2D eigenvalue weighted by molar-refractivity contribution is 7.52. The second-order valence-corrected chi connectivity index (χ2v) is 9.35. The Bertz CT molecular complexity index is 869. The smallest absolute Gasteiger partial charge is 0.313 e. The first-order chi connectivity index (χ1) is 13.1. The Morgan fingerprint density at radius 2 is 1.96 bits per heavy atom. The van der Waals surface area contributed by atoms with Crippen LogP contribution in [0, 0.1) is 21.4 Å². The summed E-state index contributed by atoms with van der Waals surface area (Å²) in [6.07, 6.45) is 0. The molecule has 150 valence electrons. The number of allylic oxidation sites excluding steroid dienone is 2. The Morgan fingerprint density at radius 1 is 1.32 bits per heavy atom. The second-order valence-electron chi connectivity index (χ2n) is 7.84. The quantitative estimate of drug-likeness (QED) is 0.449. The van der Waals surface area contributed by atoms with Crippen molar-refractivity contribution in [2.75, 3.05) is 13.2 Å². The van der Waals surface area contributed by atoms with Gasteiger partial charge in [0.25, 0.3) is 5.69 Å². The van der Waals surface area contributed by atoms with Crippen molar-refractivity contribution in [3.05, 3.63) is 51.0 Å². The molecule has 1 N–H and O–H groups in total. The third-order valence-electron chi connectivity index (χ3n) is 4.84. The largest absolute Gasteiger partial charge is 0.481 e. The van der Waals surface area contributed by atoms with Crippen LogP contribution in [0.25, 0.3) is 0 Å². The number of hydrogen-bond acceptors (Lipinski definition) is 6. The van der Waals surface area contributed by atoms with Crippen LogP contribution in [0.15, 0.2) is 40.3 Å². The third-order valence-corrected chi connectivity index (χ3v) is 6.56. The molecule has 0 spiro atoms. The summed E-state index contributed by atoms with van der Waals surface area (Å²) < 4.78 is 12.0. The van der Waals surface area contributed by atoms with Crippen LogP contribution >= 0.6 is 8.38 Å². The lowest BCUT2D eigenvalue weighted by molar-refractivity contribution is -0.384. The minimum Gasteiger partial charge on any atom is -0.481 e.